The Labute approximate surface area is 151 Å². The highest BCUT2D eigenvalue weighted by atomic mass is 32.2. The SMILES string of the molecule is CCN=C1N[C@@H]2[C@H](C=O)[C@H](C=O)[C@H](CNCc3ccccc3)O[C@@H]2S1. The summed E-state index contributed by atoms with van der Waals surface area (Å²) in [6, 6.07) is 9.84. The van der Waals surface area contributed by atoms with Gasteiger partial charge in [0.1, 0.15) is 18.0 Å². The molecular weight excluding hydrogens is 338 g/mol. The first-order valence-corrected chi connectivity index (χ1v) is 9.43. The van der Waals surface area contributed by atoms with Crippen molar-refractivity contribution >= 4 is 29.5 Å². The van der Waals surface area contributed by atoms with Crippen molar-refractivity contribution in [3.8, 4) is 0 Å². The Hall–Kier alpha value is -1.70. The van der Waals surface area contributed by atoms with Crippen molar-refractivity contribution < 1.29 is 14.3 Å². The number of carbonyl (C=O) groups is 2. The first-order chi connectivity index (χ1) is 12.3. The third-order valence-corrected chi connectivity index (χ3v) is 5.65. The molecule has 7 heteroatoms. The minimum absolute atomic E-state index is 0.194. The molecule has 1 aromatic carbocycles. The van der Waals surface area contributed by atoms with Crippen LogP contribution >= 0.6 is 11.8 Å². The molecule has 2 fully saturated rings. The van der Waals surface area contributed by atoms with Crippen LogP contribution in [-0.4, -0.2) is 48.4 Å². The van der Waals surface area contributed by atoms with E-state index in [9.17, 15) is 9.59 Å². The van der Waals surface area contributed by atoms with Crippen LogP contribution in [0.1, 0.15) is 12.5 Å². The summed E-state index contributed by atoms with van der Waals surface area (Å²) in [6.07, 6.45) is 1.41. The second-order valence-electron chi connectivity index (χ2n) is 6.15. The highest BCUT2D eigenvalue weighted by Gasteiger charge is 2.49. The molecule has 2 aliphatic rings. The molecule has 0 bridgehead atoms. The lowest BCUT2D eigenvalue weighted by Crippen LogP contribution is -2.55. The highest BCUT2D eigenvalue weighted by molar-refractivity contribution is 8.14. The minimum atomic E-state index is -0.462. The summed E-state index contributed by atoms with van der Waals surface area (Å²) in [5, 5.41) is 7.36. The van der Waals surface area contributed by atoms with E-state index >= 15 is 0 Å². The van der Waals surface area contributed by atoms with E-state index in [4.69, 9.17) is 4.74 Å². The first kappa shape index (κ1) is 18.1. The lowest BCUT2D eigenvalue weighted by Gasteiger charge is -2.39. The fraction of sp³-hybridized carbons (Fsp3) is 0.500. The Bertz CT molecular complexity index is 625. The number of benzene rings is 1. The zero-order valence-electron chi connectivity index (χ0n) is 14.1. The van der Waals surface area contributed by atoms with Gasteiger partial charge >= 0.3 is 0 Å². The van der Waals surface area contributed by atoms with Crippen LogP contribution in [0.5, 0.6) is 0 Å². The summed E-state index contributed by atoms with van der Waals surface area (Å²) in [7, 11) is 0. The summed E-state index contributed by atoms with van der Waals surface area (Å²) in [4.78, 5) is 27.7. The Kier molecular flexibility index (Phi) is 6.23. The van der Waals surface area contributed by atoms with E-state index < -0.39 is 11.8 Å². The number of carbonyl (C=O) groups excluding carboxylic acids is 2. The van der Waals surface area contributed by atoms with Crippen LogP contribution in [0, 0.1) is 11.8 Å². The van der Waals surface area contributed by atoms with E-state index in [1.165, 1.54) is 17.3 Å². The third-order valence-electron chi connectivity index (χ3n) is 4.54. The Morgan fingerprint density at radius 3 is 2.68 bits per heavy atom. The fourth-order valence-corrected chi connectivity index (χ4v) is 4.51. The van der Waals surface area contributed by atoms with Gasteiger partial charge in [0.25, 0.3) is 0 Å². The van der Waals surface area contributed by atoms with Gasteiger partial charge in [-0.25, -0.2) is 0 Å². The van der Waals surface area contributed by atoms with Crippen LogP contribution in [0.25, 0.3) is 0 Å². The summed E-state index contributed by atoms with van der Waals surface area (Å²) >= 11 is 1.50. The summed E-state index contributed by atoms with van der Waals surface area (Å²) in [6.45, 7) is 3.84. The number of thioether (sulfide) groups is 1. The molecule has 0 spiro atoms. The highest BCUT2D eigenvalue weighted by Crippen LogP contribution is 2.38. The Balaban J connectivity index is 1.65. The van der Waals surface area contributed by atoms with Gasteiger partial charge in [0.2, 0.25) is 0 Å². The molecule has 134 valence electrons. The molecular formula is C18H23N3O3S. The van der Waals surface area contributed by atoms with Gasteiger partial charge in [0.15, 0.2) is 5.17 Å². The van der Waals surface area contributed by atoms with Gasteiger partial charge in [-0.05, 0) is 12.5 Å². The quantitative estimate of drug-likeness (QED) is 0.711. The summed E-state index contributed by atoms with van der Waals surface area (Å²) in [5.41, 5.74) is 0.972. The van der Waals surface area contributed by atoms with Crippen LogP contribution in [0.4, 0.5) is 0 Å². The molecule has 2 saturated heterocycles. The number of nitrogens with zero attached hydrogens (tertiary/aromatic N) is 1. The van der Waals surface area contributed by atoms with Gasteiger partial charge in [-0.15, -0.1) is 0 Å². The van der Waals surface area contributed by atoms with E-state index in [2.05, 4.69) is 15.6 Å². The summed E-state index contributed by atoms with van der Waals surface area (Å²) in [5.74, 6) is -0.868. The molecule has 6 nitrogen and oxygen atoms in total. The number of nitrogens with one attached hydrogen (secondary N) is 2. The molecule has 0 unspecified atom stereocenters. The van der Waals surface area contributed by atoms with E-state index in [1.807, 2.05) is 37.3 Å². The predicted octanol–water partition coefficient (Wildman–Crippen LogP) is 1.21. The molecule has 0 aromatic heterocycles. The average Bonchev–Trinajstić information content (AvgIpc) is 3.03. The van der Waals surface area contributed by atoms with E-state index in [0.29, 0.717) is 19.6 Å². The maximum atomic E-state index is 11.7. The second-order valence-corrected chi connectivity index (χ2v) is 7.24. The maximum absolute atomic E-state index is 11.7. The number of rotatable bonds is 7. The molecule has 3 rings (SSSR count). The maximum Gasteiger partial charge on any atom is 0.159 e. The van der Waals surface area contributed by atoms with Crippen molar-refractivity contribution in [3.05, 3.63) is 35.9 Å². The van der Waals surface area contributed by atoms with Crippen molar-refractivity contribution in [1.82, 2.24) is 10.6 Å². The van der Waals surface area contributed by atoms with Crippen molar-refractivity contribution in [3.63, 3.8) is 0 Å². The lowest BCUT2D eigenvalue weighted by molar-refractivity contribution is -0.138. The number of aliphatic imine (C=N–C) groups is 1. The van der Waals surface area contributed by atoms with Crippen LogP contribution < -0.4 is 10.6 Å². The molecule has 2 heterocycles. The van der Waals surface area contributed by atoms with Crippen molar-refractivity contribution in [2.75, 3.05) is 13.1 Å². The Morgan fingerprint density at radius 2 is 2.00 bits per heavy atom. The standard InChI is InChI=1S/C18H23N3O3S/c1-2-20-18-21-16-14(11-23)13(10-22)15(24-17(16)25-18)9-19-8-12-6-4-3-5-7-12/h3-7,10-11,13-17,19H,2,8-9H2,1H3,(H,20,21)/t13-,14+,15-,16+,17+/m0/s1. The van der Waals surface area contributed by atoms with Crippen LogP contribution in [0.3, 0.4) is 0 Å². The lowest BCUT2D eigenvalue weighted by atomic mass is 9.82. The van der Waals surface area contributed by atoms with Crippen molar-refractivity contribution in [1.29, 1.82) is 0 Å². The molecule has 2 aliphatic heterocycles. The average molecular weight is 361 g/mol. The van der Waals surface area contributed by atoms with Crippen LogP contribution in [0.2, 0.25) is 0 Å². The molecule has 1 aromatic rings. The predicted molar refractivity (Wildman–Crippen MR) is 98.4 cm³/mol. The topological polar surface area (TPSA) is 79.8 Å². The third kappa shape index (κ3) is 4.11. The van der Waals surface area contributed by atoms with E-state index in [1.54, 1.807) is 0 Å². The number of hydrogen-bond donors (Lipinski definition) is 2. The number of hydrogen-bond acceptors (Lipinski definition) is 6. The van der Waals surface area contributed by atoms with Gasteiger partial charge in [-0.3, -0.25) is 4.99 Å². The second kappa shape index (κ2) is 8.60. The van der Waals surface area contributed by atoms with Crippen molar-refractivity contribution in [2.45, 2.75) is 31.1 Å². The minimum Gasteiger partial charge on any atom is -0.360 e. The molecule has 0 amide bonds. The van der Waals surface area contributed by atoms with Gasteiger partial charge < -0.3 is 25.0 Å². The van der Waals surface area contributed by atoms with Crippen molar-refractivity contribution in [2.24, 2.45) is 16.8 Å². The molecule has 0 aliphatic carbocycles. The molecule has 2 N–H and O–H groups in total. The molecule has 0 saturated carbocycles. The van der Waals surface area contributed by atoms with Crippen LogP contribution in [-0.2, 0) is 20.9 Å². The molecule has 25 heavy (non-hydrogen) atoms. The first-order valence-electron chi connectivity index (χ1n) is 8.55. The molecule has 5 atom stereocenters. The zero-order chi connectivity index (χ0) is 17.6. The van der Waals surface area contributed by atoms with Gasteiger partial charge in [0, 0.05) is 19.6 Å². The zero-order valence-corrected chi connectivity index (χ0v) is 14.9. The largest absolute Gasteiger partial charge is 0.360 e. The number of fused-ring (bicyclic) bond motifs is 1. The van der Waals surface area contributed by atoms with E-state index in [0.717, 1.165) is 17.7 Å². The fourth-order valence-electron chi connectivity index (χ4n) is 3.29. The smallest absolute Gasteiger partial charge is 0.159 e. The van der Waals surface area contributed by atoms with Gasteiger partial charge in [0.05, 0.1) is 24.0 Å². The van der Waals surface area contributed by atoms with Gasteiger partial charge in [-0.1, -0.05) is 42.1 Å². The Morgan fingerprint density at radius 1 is 1.24 bits per heavy atom. The summed E-state index contributed by atoms with van der Waals surface area (Å²) < 4.78 is 6.13. The number of ether oxygens (including phenoxy) is 1. The van der Waals surface area contributed by atoms with E-state index in [-0.39, 0.29) is 17.6 Å². The monoisotopic (exact) mass is 361 g/mol. The van der Waals surface area contributed by atoms with Crippen LogP contribution in [0.15, 0.2) is 35.3 Å². The number of aldehydes is 2. The number of amidine groups is 1. The van der Waals surface area contributed by atoms with Gasteiger partial charge in [-0.2, -0.15) is 0 Å². The normalized spacial score (nSPS) is 32.8. The molecule has 0 radical (unpaired) electrons.